The maximum Gasteiger partial charge on any atom is 0.270 e. The van der Waals surface area contributed by atoms with Crippen LogP contribution >= 0.6 is 0 Å². The molecule has 0 aliphatic rings. The van der Waals surface area contributed by atoms with Gasteiger partial charge in [-0.05, 0) is 6.42 Å². The molecule has 0 unspecified atom stereocenters. The summed E-state index contributed by atoms with van der Waals surface area (Å²) in [7, 11) is 1.49. The number of carbonyl (C=O) groups excluding carboxylic acids is 1. The molecule has 0 saturated heterocycles. The van der Waals surface area contributed by atoms with Crippen molar-refractivity contribution in [1.82, 2.24) is 15.1 Å². The molecule has 23 heavy (non-hydrogen) atoms. The Morgan fingerprint density at radius 2 is 2.04 bits per heavy atom. The van der Waals surface area contributed by atoms with E-state index < -0.39 is 0 Å². The predicted octanol–water partition coefficient (Wildman–Crippen LogP) is 1.84. The zero-order chi connectivity index (χ0) is 16.7. The van der Waals surface area contributed by atoms with Crippen LogP contribution in [0.25, 0.3) is 11.3 Å². The number of hydrogen-bond donors (Lipinski definition) is 1. The van der Waals surface area contributed by atoms with Gasteiger partial charge in [-0.2, -0.15) is 5.10 Å². The number of benzene rings is 1. The van der Waals surface area contributed by atoms with Gasteiger partial charge >= 0.3 is 0 Å². The second-order valence-corrected chi connectivity index (χ2v) is 5.13. The van der Waals surface area contributed by atoms with Gasteiger partial charge < -0.3 is 10.1 Å². The van der Waals surface area contributed by atoms with Gasteiger partial charge in [0.1, 0.15) is 12.2 Å². The van der Waals surface area contributed by atoms with E-state index >= 15 is 0 Å². The van der Waals surface area contributed by atoms with Crippen LogP contribution in [0.1, 0.15) is 19.8 Å². The lowest BCUT2D eigenvalue weighted by Crippen LogP contribution is -2.34. The number of rotatable bonds is 7. The van der Waals surface area contributed by atoms with Crippen molar-refractivity contribution in [1.29, 1.82) is 0 Å². The van der Waals surface area contributed by atoms with Crippen molar-refractivity contribution in [3.63, 3.8) is 0 Å². The van der Waals surface area contributed by atoms with Crippen LogP contribution in [0, 0.1) is 0 Å². The number of aromatic nitrogens is 2. The average molecular weight is 315 g/mol. The van der Waals surface area contributed by atoms with E-state index in [0.717, 1.165) is 23.1 Å². The van der Waals surface area contributed by atoms with E-state index in [1.54, 1.807) is 0 Å². The van der Waals surface area contributed by atoms with Gasteiger partial charge in [0, 0.05) is 18.2 Å². The first-order valence-electron chi connectivity index (χ1n) is 7.64. The maximum absolute atomic E-state index is 12.1. The molecule has 122 valence electrons. The maximum atomic E-state index is 12.1. The lowest BCUT2D eigenvalue weighted by atomic mass is 10.1. The van der Waals surface area contributed by atoms with Crippen LogP contribution in [0.5, 0.6) is 5.75 Å². The second-order valence-electron chi connectivity index (χ2n) is 5.13. The largest absolute Gasteiger partial charge is 0.494 e. The van der Waals surface area contributed by atoms with Gasteiger partial charge in [-0.3, -0.25) is 9.59 Å². The molecule has 0 fully saturated rings. The minimum Gasteiger partial charge on any atom is -0.494 e. The molecule has 6 nitrogen and oxygen atoms in total. The SMILES string of the molecule is CCCCNC(=O)Cn1nc(-c2ccccc2)c(OC)cc1=O. The fraction of sp³-hybridized carbons (Fsp3) is 0.353. The molecule has 0 atom stereocenters. The molecule has 1 aromatic carbocycles. The molecule has 1 N–H and O–H groups in total. The number of methoxy groups -OCH3 is 1. The molecule has 0 radical (unpaired) electrons. The summed E-state index contributed by atoms with van der Waals surface area (Å²) in [6, 6.07) is 10.8. The Hall–Kier alpha value is -2.63. The first-order chi connectivity index (χ1) is 11.2. The highest BCUT2D eigenvalue weighted by Crippen LogP contribution is 2.25. The van der Waals surface area contributed by atoms with Crippen molar-refractivity contribution in [2.75, 3.05) is 13.7 Å². The van der Waals surface area contributed by atoms with Gasteiger partial charge in [-0.1, -0.05) is 43.7 Å². The number of hydrogen-bond acceptors (Lipinski definition) is 4. The first kappa shape index (κ1) is 16.7. The summed E-state index contributed by atoms with van der Waals surface area (Å²) in [5, 5.41) is 7.08. The fourth-order valence-electron chi connectivity index (χ4n) is 2.14. The topological polar surface area (TPSA) is 73.2 Å². The van der Waals surface area contributed by atoms with Crippen molar-refractivity contribution in [3.05, 3.63) is 46.8 Å². The summed E-state index contributed by atoms with van der Waals surface area (Å²) in [5.74, 6) is 0.168. The Morgan fingerprint density at radius 3 is 2.70 bits per heavy atom. The molecule has 6 heteroatoms. The fourth-order valence-corrected chi connectivity index (χ4v) is 2.14. The molecule has 0 saturated carbocycles. The summed E-state index contributed by atoms with van der Waals surface area (Å²) >= 11 is 0. The quantitative estimate of drug-likeness (QED) is 0.791. The normalized spacial score (nSPS) is 10.3. The highest BCUT2D eigenvalue weighted by Gasteiger charge is 2.13. The van der Waals surface area contributed by atoms with Crippen molar-refractivity contribution in [2.45, 2.75) is 26.3 Å². The van der Waals surface area contributed by atoms with E-state index in [1.165, 1.54) is 13.2 Å². The molecule has 1 aromatic heterocycles. The average Bonchev–Trinajstić information content (AvgIpc) is 2.57. The third-order valence-corrected chi connectivity index (χ3v) is 3.38. The molecule has 2 aromatic rings. The van der Waals surface area contributed by atoms with Crippen LogP contribution in [0.3, 0.4) is 0 Å². The lowest BCUT2D eigenvalue weighted by molar-refractivity contribution is -0.121. The number of carbonyl (C=O) groups is 1. The van der Waals surface area contributed by atoms with Gasteiger partial charge in [0.2, 0.25) is 5.91 Å². The molecule has 0 aliphatic heterocycles. The van der Waals surface area contributed by atoms with E-state index in [1.807, 2.05) is 37.3 Å². The first-order valence-corrected chi connectivity index (χ1v) is 7.64. The minimum absolute atomic E-state index is 0.105. The van der Waals surface area contributed by atoms with E-state index in [0.29, 0.717) is 18.0 Å². The number of nitrogens with one attached hydrogen (secondary N) is 1. The van der Waals surface area contributed by atoms with Crippen molar-refractivity contribution in [3.8, 4) is 17.0 Å². The van der Waals surface area contributed by atoms with Crippen LogP contribution in [0.2, 0.25) is 0 Å². The number of amides is 1. The van der Waals surface area contributed by atoms with Crippen molar-refractivity contribution in [2.24, 2.45) is 0 Å². The molecular weight excluding hydrogens is 294 g/mol. The molecule has 1 amide bonds. The van der Waals surface area contributed by atoms with Crippen LogP contribution in [-0.2, 0) is 11.3 Å². The lowest BCUT2D eigenvalue weighted by Gasteiger charge is -2.11. The molecule has 0 aliphatic carbocycles. The van der Waals surface area contributed by atoms with E-state index in [2.05, 4.69) is 10.4 Å². The van der Waals surface area contributed by atoms with Gasteiger partial charge in [0.15, 0.2) is 5.75 Å². The Bertz CT molecular complexity index is 711. The Kier molecular flexibility index (Phi) is 5.91. The minimum atomic E-state index is -0.368. The summed E-state index contributed by atoms with van der Waals surface area (Å²) in [6.07, 6.45) is 1.91. The zero-order valence-electron chi connectivity index (χ0n) is 13.4. The van der Waals surface area contributed by atoms with Gasteiger partial charge in [-0.25, -0.2) is 4.68 Å². The number of ether oxygens (including phenoxy) is 1. The van der Waals surface area contributed by atoms with Crippen LogP contribution < -0.4 is 15.6 Å². The summed E-state index contributed by atoms with van der Waals surface area (Å²) in [4.78, 5) is 24.0. The molecule has 2 rings (SSSR count). The van der Waals surface area contributed by atoms with E-state index in [4.69, 9.17) is 4.74 Å². The highest BCUT2D eigenvalue weighted by molar-refractivity contribution is 5.75. The van der Waals surface area contributed by atoms with Crippen LogP contribution in [0.15, 0.2) is 41.2 Å². The van der Waals surface area contributed by atoms with Gasteiger partial charge in [-0.15, -0.1) is 0 Å². The Labute approximate surface area is 135 Å². The summed E-state index contributed by atoms with van der Waals surface area (Å²) in [5.41, 5.74) is 0.991. The number of unbranched alkanes of at least 4 members (excludes halogenated alkanes) is 1. The highest BCUT2D eigenvalue weighted by atomic mass is 16.5. The third-order valence-electron chi connectivity index (χ3n) is 3.38. The van der Waals surface area contributed by atoms with Crippen molar-refractivity contribution < 1.29 is 9.53 Å². The summed E-state index contributed by atoms with van der Waals surface area (Å²) in [6.45, 7) is 2.55. The second kappa shape index (κ2) is 8.12. The third kappa shape index (κ3) is 4.42. The predicted molar refractivity (Wildman–Crippen MR) is 88.4 cm³/mol. The molecular formula is C17H21N3O3. The molecule has 0 spiro atoms. The number of nitrogens with zero attached hydrogens (tertiary/aromatic N) is 2. The summed E-state index contributed by atoms with van der Waals surface area (Å²) < 4.78 is 6.40. The van der Waals surface area contributed by atoms with Crippen molar-refractivity contribution >= 4 is 5.91 Å². The standard InChI is InChI=1S/C17H21N3O3/c1-3-4-10-18-15(21)12-20-16(22)11-14(23-2)17(19-20)13-8-6-5-7-9-13/h5-9,11H,3-4,10,12H2,1-2H3,(H,18,21). The van der Waals surface area contributed by atoms with E-state index in [-0.39, 0.29) is 18.0 Å². The van der Waals surface area contributed by atoms with Gasteiger partial charge in [0.25, 0.3) is 5.56 Å². The smallest absolute Gasteiger partial charge is 0.270 e. The van der Waals surface area contributed by atoms with Crippen LogP contribution in [0.4, 0.5) is 0 Å². The van der Waals surface area contributed by atoms with E-state index in [9.17, 15) is 9.59 Å². The monoisotopic (exact) mass is 315 g/mol. The Morgan fingerprint density at radius 1 is 1.30 bits per heavy atom. The molecule has 1 heterocycles. The Balaban J connectivity index is 2.27. The van der Waals surface area contributed by atoms with Gasteiger partial charge in [0.05, 0.1) is 7.11 Å². The molecule has 0 bridgehead atoms. The zero-order valence-corrected chi connectivity index (χ0v) is 13.4. The van der Waals surface area contributed by atoms with Crippen LogP contribution in [-0.4, -0.2) is 29.3 Å².